The zero-order valence-electron chi connectivity index (χ0n) is 20.7. The second-order valence-electron chi connectivity index (χ2n) is 11.0. The molecule has 5 atom stereocenters. The van der Waals surface area contributed by atoms with Gasteiger partial charge in [0.1, 0.15) is 11.7 Å². The number of benzene rings is 1. The molecule has 2 aliphatic rings. The van der Waals surface area contributed by atoms with Crippen LogP contribution in [0.4, 0.5) is 4.79 Å². The Morgan fingerprint density at radius 3 is 2.45 bits per heavy atom. The van der Waals surface area contributed by atoms with Gasteiger partial charge in [0.15, 0.2) is 5.54 Å². The molecular weight excluding hydrogens is 486 g/mol. The number of carbonyl (C=O) groups is 2. The van der Waals surface area contributed by atoms with Gasteiger partial charge in [-0.15, -0.1) is 0 Å². The van der Waals surface area contributed by atoms with Crippen molar-refractivity contribution >= 4 is 28.0 Å². The van der Waals surface area contributed by atoms with Crippen LogP contribution in [0.2, 0.25) is 0 Å². The first-order valence-corrected chi connectivity index (χ1v) is 12.8. The molecule has 1 N–H and O–H groups in total. The topological polar surface area (TPSA) is 73.9 Å². The van der Waals surface area contributed by atoms with Gasteiger partial charge in [0.2, 0.25) is 0 Å². The van der Waals surface area contributed by atoms with Crippen LogP contribution < -0.4 is 5.32 Å². The summed E-state index contributed by atoms with van der Waals surface area (Å²) in [5.41, 5.74) is -1.02. The molecule has 0 aromatic heterocycles. The van der Waals surface area contributed by atoms with Gasteiger partial charge in [-0.1, -0.05) is 55.3 Å². The molecule has 184 valence electrons. The Balaban J connectivity index is 1.82. The van der Waals surface area contributed by atoms with E-state index in [0.717, 1.165) is 29.3 Å². The Bertz CT molecular complexity index is 834. The van der Waals surface area contributed by atoms with Crippen LogP contribution in [0.1, 0.15) is 78.9 Å². The lowest BCUT2D eigenvalue weighted by Gasteiger charge is -2.38. The number of carbonyl (C=O) groups excluding carboxylic acids is 2. The minimum absolute atomic E-state index is 0.0421. The number of halogens is 1. The van der Waals surface area contributed by atoms with Gasteiger partial charge in [-0.3, -0.25) is 0 Å². The van der Waals surface area contributed by atoms with Crippen LogP contribution in [0.3, 0.4) is 0 Å². The third-order valence-electron chi connectivity index (χ3n) is 6.66. The number of nitrogens with one attached hydrogen (secondary N) is 1. The molecule has 33 heavy (non-hydrogen) atoms. The number of esters is 1. The molecule has 0 radical (unpaired) electrons. The fourth-order valence-electron chi connectivity index (χ4n) is 4.85. The van der Waals surface area contributed by atoms with Crippen LogP contribution in [0.25, 0.3) is 0 Å². The van der Waals surface area contributed by atoms with Gasteiger partial charge in [-0.05, 0) is 69.1 Å². The summed E-state index contributed by atoms with van der Waals surface area (Å²) < 4.78 is 18.6. The van der Waals surface area contributed by atoms with E-state index in [1.807, 2.05) is 24.3 Å². The average Bonchev–Trinajstić information content (AvgIpc) is 3.12. The van der Waals surface area contributed by atoms with Crippen molar-refractivity contribution in [3.05, 3.63) is 34.3 Å². The molecule has 1 saturated carbocycles. The largest absolute Gasteiger partial charge is 0.460 e. The minimum atomic E-state index is -1.29. The monoisotopic (exact) mass is 523 g/mol. The van der Waals surface area contributed by atoms with Crippen molar-refractivity contribution in [3.63, 3.8) is 0 Å². The molecule has 2 unspecified atom stereocenters. The first kappa shape index (κ1) is 26.0. The fourth-order valence-corrected chi connectivity index (χ4v) is 5.11. The van der Waals surface area contributed by atoms with E-state index in [9.17, 15) is 9.59 Å². The van der Waals surface area contributed by atoms with Crippen LogP contribution in [0.15, 0.2) is 28.7 Å². The summed E-state index contributed by atoms with van der Waals surface area (Å²) in [5.74, 6) is 0.800. The van der Waals surface area contributed by atoms with Gasteiger partial charge >= 0.3 is 12.1 Å². The smallest absolute Gasteiger partial charge is 0.408 e. The highest BCUT2D eigenvalue weighted by Crippen LogP contribution is 2.40. The highest BCUT2D eigenvalue weighted by Gasteiger charge is 2.51. The molecule has 1 amide bonds. The van der Waals surface area contributed by atoms with E-state index in [1.54, 1.807) is 20.8 Å². The van der Waals surface area contributed by atoms with Crippen LogP contribution in [-0.2, 0) is 19.0 Å². The van der Waals surface area contributed by atoms with E-state index in [0.29, 0.717) is 24.2 Å². The molecule has 0 spiro atoms. The molecule has 1 aliphatic carbocycles. The second kappa shape index (κ2) is 10.3. The Morgan fingerprint density at radius 2 is 1.85 bits per heavy atom. The standard InChI is InChI=1S/C26H38BrNO5/c1-16(2)20-12-7-17(3)13-21(20)32-23(29)26(28-24(30)33-25(4,5)6)14-22(31-15-26)18-8-10-19(27)11-9-18/h8-11,16-17,20-22H,7,12-15H2,1-6H3,(H,28,30)/t17-,20+,21?,22?,26+/m1/s1. The van der Waals surface area contributed by atoms with E-state index in [-0.39, 0.29) is 18.8 Å². The van der Waals surface area contributed by atoms with Crippen molar-refractivity contribution in [2.75, 3.05) is 6.61 Å². The summed E-state index contributed by atoms with van der Waals surface area (Å²) in [7, 11) is 0. The predicted octanol–water partition coefficient (Wildman–Crippen LogP) is 6.18. The Morgan fingerprint density at radius 1 is 1.18 bits per heavy atom. The van der Waals surface area contributed by atoms with Gasteiger partial charge in [0.25, 0.3) is 0 Å². The summed E-state index contributed by atoms with van der Waals surface area (Å²) >= 11 is 3.45. The maximum absolute atomic E-state index is 13.7. The molecule has 1 aromatic rings. The van der Waals surface area contributed by atoms with Crippen molar-refractivity contribution in [3.8, 4) is 0 Å². The first-order valence-electron chi connectivity index (χ1n) is 12.0. The van der Waals surface area contributed by atoms with Crippen LogP contribution >= 0.6 is 15.9 Å². The summed E-state index contributed by atoms with van der Waals surface area (Å²) in [6.07, 6.45) is 2.19. The van der Waals surface area contributed by atoms with Gasteiger partial charge < -0.3 is 19.5 Å². The van der Waals surface area contributed by atoms with E-state index in [1.165, 1.54) is 0 Å². The van der Waals surface area contributed by atoms with Crippen molar-refractivity contribution in [2.24, 2.45) is 17.8 Å². The molecule has 0 bridgehead atoms. The number of alkyl carbamates (subject to hydrolysis) is 1. The summed E-state index contributed by atoms with van der Waals surface area (Å²) in [5, 5.41) is 2.83. The molecular formula is C26H38BrNO5. The number of ether oxygens (including phenoxy) is 3. The van der Waals surface area contributed by atoms with Crippen molar-refractivity contribution in [2.45, 2.75) is 90.6 Å². The number of hydrogen-bond donors (Lipinski definition) is 1. The Labute approximate surface area is 206 Å². The van der Waals surface area contributed by atoms with E-state index >= 15 is 0 Å². The zero-order valence-corrected chi connectivity index (χ0v) is 22.2. The van der Waals surface area contributed by atoms with Crippen LogP contribution in [0.5, 0.6) is 0 Å². The lowest BCUT2D eigenvalue weighted by atomic mass is 9.75. The van der Waals surface area contributed by atoms with Gasteiger partial charge in [0.05, 0.1) is 12.7 Å². The summed E-state index contributed by atoms with van der Waals surface area (Å²) in [6.45, 7) is 12.0. The van der Waals surface area contributed by atoms with Gasteiger partial charge in [-0.25, -0.2) is 9.59 Å². The fraction of sp³-hybridized carbons (Fsp3) is 0.692. The van der Waals surface area contributed by atoms with Crippen LogP contribution in [0, 0.1) is 17.8 Å². The van der Waals surface area contributed by atoms with E-state index in [4.69, 9.17) is 14.2 Å². The second-order valence-corrected chi connectivity index (χ2v) is 11.9. The molecule has 3 rings (SSSR count). The normalized spacial score (nSPS) is 30.2. The molecule has 1 heterocycles. The first-order chi connectivity index (χ1) is 15.4. The van der Waals surface area contributed by atoms with Crippen molar-refractivity contribution in [1.29, 1.82) is 0 Å². The van der Waals surface area contributed by atoms with Crippen molar-refractivity contribution < 1.29 is 23.8 Å². The number of hydrogen-bond acceptors (Lipinski definition) is 5. The number of amides is 1. The molecule has 1 aromatic carbocycles. The summed E-state index contributed by atoms with van der Waals surface area (Å²) in [6, 6.07) is 7.80. The molecule has 7 heteroatoms. The quantitative estimate of drug-likeness (QED) is 0.466. The SMILES string of the molecule is CC(C)[C@@H]1CC[C@@H](C)CC1OC(=O)[C@@]1(NC(=O)OC(C)(C)C)COC(c2ccc(Br)cc2)C1. The molecule has 1 aliphatic heterocycles. The zero-order chi connectivity index (χ0) is 24.4. The highest BCUT2D eigenvalue weighted by atomic mass is 79.9. The lowest BCUT2D eigenvalue weighted by molar-refractivity contribution is -0.164. The third-order valence-corrected chi connectivity index (χ3v) is 7.19. The Kier molecular flexibility index (Phi) is 8.15. The van der Waals surface area contributed by atoms with Crippen LogP contribution in [-0.4, -0.2) is 35.9 Å². The van der Waals surface area contributed by atoms with E-state index < -0.39 is 23.2 Å². The maximum atomic E-state index is 13.7. The van der Waals surface area contributed by atoms with E-state index in [2.05, 4.69) is 42.0 Å². The minimum Gasteiger partial charge on any atom is -0.460 e. The summed E-state index contributed by atoms with van der Waals surface area (Å²) in [4.78, 5) is 26.4. The molecule has 1 saturated heterocycles. The third kappa shape index (κ3) is 6.72. The van der Waals surface area contributed by atoms with Gasteiger partial charge in [-0.2, -0.15) is 0 Å². The Hall–Kier alpha value is -1.60. The number of rotatable bonds is 5. The lowest BCUT2D eigenvalue weighted by Crippen LogP contribution is -2.58. The van der Waals surface area contributed by atoms with Crippen molar-refractivity contribution in [1.82, 2.24) is 5.32 Å². The highest BCUT2D eigenvalue weighted by molar-refractivity contribution is 9.10. The maximum Gasteiger partial charge on any atom is 0.408 e. The molecule has 6 nitrogen and oxygen atoms in total. The average molecular weight is 524 g/mol. The molecule has 2 fully saturated rings. The predicted molar refractivity (Wildman–Crippen MR) is 131 cm³/mol. The van der Waals surface area contributed by atoms with Gasteiger partial charge in [0, 0.05) is 10.9 Å².